The topological polar surface area (TPSA) is 104 Å². The van der Waals surface area contributed by atoms with Gasteiger partial charge in [-0.15, -0.1) is 0 Å². The highest BCUT2D eigenvalue weighted by Gasteiger charge is 2.53. The summed E-state index contributed by atoms with van der Waals surface area (Å²) in [5.41, 5.74) is -0.773. The first-order chi connectivity index (χ1) is 11.3. The number of nitrogens with zero attached hydrogens (tertiary/aromatic N) is 4. The zero-order valence-corrected chi connectivity index (χ0v) is 14.6. The second-order valence-corrected chi connectivity index (χ2v) is 8.93. The van der Waals surface area contributed by atoms with Gasteiger partial charge < -0.3 is 14.4 Å². The molecule has 2 fully saturated rings. The molecule has 24 heavy (non-hydrogen) atoms. The minimum Gasteiger partial charge on any atom is -0.369 e. The van der Waals surface area contributed by atoms with Crippen LogP contribution in [-0.2, 0) is 30.7 Å². The minimum atomic E-state index is -3.33. The standard InChI is InChI=1S/C14H22N4O5S/c1-11(2)22-5-13(19)17-6-14(7-17)8-24(20,21)12(4-23-14)3-18-10-15-9-16-18/h9-12H,3-8H2,1-2H3/t12-/m0/s1. The zero-order chi connectivity index (χ0) is 17.4. The van der Waals surface area contributed by atoms with Crippen LogP contribution >= 0.6 is 0 Å². The molecule has 3 heterocycles. The van der Waals surface area contributed by atoms with E-state index in [-0.39, 0.29) is 37.5 Å². The maximum Gasteiger partial charge on any atom is 0.248 e. The number of aromatic nitrogens is 3. The van der Waals surface area contributed by atoms with E-state index in [4.69, 9.17) is 9.47 Å². The van der Waals surface area contributed by atoms with Crippen LogP contribution in [0.15, 0.2) is 12.7 Å². The Bertz CT molecular complexity index is 682. The molecule has 1 atom stereocenters. The van der Waals surface area contributed by atoms with Crippen molar-refractivity contribution in [3.05, 3.63) is 12.7 Å². The van der Waals surface area contributed by atoms with Gasteiger partial charge in [-0.1, -0.05) is 0 Å². The SMILES string of the molecule is CC(C)OCC(=O)N1CC2(C1)CS(=O)(=O)[C@@H](Cn1cncn1)CO2. The lowest BCUT2D eigenvalue weighted by Crippen LogP contribution is -2.71. The molecule has 1 aromatic rings. The van der Waals surface area contributed by atoms with Crippen LogP contribution in [0.1, 0.15) is 13.8 Å². The number of ether oxygens (including phenoxy) is 2. The van der Waals surface area contributed by atoms with Crippen molar-refractivity contribution in [2.24, 2.45) is 0 Å². The normalized spacial score (nSPS) is 25.0. The maximum atomic E-state index is 12.5. The third-order valence-corrected chi connectivity index (χ3v) is 6.49. The van der Waals surface area contributed by atoms with Crippen LogP contribution in [0.25, 0.3) is 0 Å². The van der Waals surface area contributed by atoms with E-state index in [1.54, 1.807) is 4.90 Å². The Hall–Kier alpha value is -1.52. The first-order valence-electron chi connectivity index (χ1n) is 7.87. The highest BCUT2D eigenvalue weighted by atomic mass is 32.2. The van der Waals surface area contributed by atoms with Crippen molar-refractivity contribution in [1.82, 2.24) is 19.7 Å². The molecule has 1 aromatic heterocycles. The summed E-state index contributed by atoms with van der Waals surface area (Å²) in [7, 11) is -3.33. The molecule has 10 heteroatoms. The first-order valence-corrected chi connectivity index (χ1v) is 9.58. The van der Waals surface area contributed by atoms with Gasteiger partial charge in [-0.25, -0.2) is 13.4 Å². The molecule has 2 saturated heterocycles. The molecule has 0 N–H and O–H groups in total. The van der Waals surface area contributed by atoms with Crippen LogP contribution in [0.4, 0.5) is 0 Å². The average molecular weight is 358 g/mol. The number of hydrogen-bond donors (Lipinski definition) is 0. The minimum absolute atomic E-state index is 0.00935. The van der Waals surface area contributed by atoms with Gasteiger partial charge >= 0.3 is 0 Å². The summed E-state index contributed by atoms with van der Waals surface area (Å²) in [6.07, 6.45) is 2.83. The van der Waals surface area contributed by atoms with Crippen molar-refractivity contribution in [1.29, 1.82) is 0 Å². The van der Waals surface area contributed by atoms with Gasteiger partial charge in [0.05, 0.1) is 38.1 Å². The van der Waals surface area contributed by atoms with Gasteiger partial charge in [0.25, 0.3) is 0 Å². The lowest BCUT2D eigenvalue weighted by Gasteiger charge is -2.52. The monoisotopic (exact) mass is 358 g/mol. The summed E-state index contributed by atoms with van der Waals surface area (Å²) in [5.74, 6) is -0.214. The van der Waals surface area contributed by atoms with Crippen LogP contribution in [0.2, 0.25) is 0 Å². The summed E-state index contributed by atoms with van der Waals surface area (Å²) in [5, 5.41) is 3.30. The van der Waals surface area contributed by atoms with Crippen LogP contribution in [-0.4, -0.2) is 83.0 Å². The fraction of sp³-hybridized carbons (Fsp3) is 0.786. The molecule has 2 aliphatic heterocycles. The number of likely N-dealkylation sites (tertiary alicyclic amines) is 1. The van der Waals surface area contributed by atoms with Gasteiger partial charge in [-0.2, -0.15) is 5.10 Å². The van der Waals surface area contributed by atoms with Crippen LogP contribution in [0.5, 0.6) is 0 Å². The number of carbonyl (C=O) groups excluding carboxylic acids is 1. The fourth-order valence-corrected chi connectivity index (χ4v) is 4.83. The predicted molar refractivity (Wildman–Crippen MR) is 83.9 cm³/mol. The van der Waals surface area contributed by atoms with Gasteiger partial charge in [0, 0.05) is 0 Å². The zero-order valence-electron chi connectivity index (χ0n) is 13.8. The fourth-order valence-electron chi connectivity index (χ4n) is 2.94. The van der Waals surface area contributed by atoms with Crippen molar-refractivity contribution in [3.63, 3.8) is 0 Å². The van der Waals surface area contributed by atoms with Gasteiger partial charge in [-0.05, 0) is 13.8 Å². The van der Waals surface area contributed by atoms with E-state index in [1.165, 1.54) is 17.3 Å². The van der Waals surface area contributed by atoms with Crippen LogP contribution < -0.4 is 0 Å². The number of hydrogen-bond acceptors (Lipinski definition) is 7. The molecule has 0 aromatic carbocycles. The van der Waals surface area contributed by atoms with Crippen molar-refractivity contribution >= 4 is 15.7 Å². The van der Waals surface area contributed by atoms with E-state index in [0.29, 0.717) is 13.1 Å². The molecule has 0 saturated carbocycles. The summed E-state index contributed by atoms with van der Waals surface area (Å²) in [6.45, 7) is 4.64. The number of rotatable bonds is 5. The summed E-state index contributed by atoms with van der Waals surface area (Å²) in [6, 6.07) is 0. The highest BCUT2D eigenvalue weighted by molar-refractivity contribution is 7.92. The van der Waals surface area contributed by atoms with Gasteiger partial charge in [0.15, 0.2) is 9.84 Å². The molecule has 0 bridgehead atoms. The third-order valence-electron chi connectivity index (χ3n) is 4.26. The van der Waals surface area contributed by atoms with E-state index in [9.17, 15) is 13.2 Å². The Kier molecular flexibility index (Phi) is 4.63. The highest BCUT2D eigenvalue weighted by Crippen LogP contribution is 2.33. The van der Waals surface area contributed by atoms with Gasteiger partial charge in [-0.3, -0.25) is 9.48 Å². The number of carbonyl (C=O) groups is 1. The molecule has 2 aliphatic rings. The molecule has 1 spiro atoms. The Morgan fingerprint density at radius 3 is 2.79 bits per heavy atom. The lowest BCUT2D eigenvalue weighted by molar-refractivity contribution is -0.170. The van der Waals surface area contributed by atoms with Crippen molar-refractivity contribution in [2.45, 2.75) is 37.3 Å². The Labute approximate surface area is 140 Å². The molecule has 1 amide bonds. The van der Waals surface area contributed by atoms with E-state index in [1.807, 2.05) is 13.8 Å². The number of amides is 1. The Morgan fingerprint density at radius 1 is 1.46 bits per heavy atom. The molecular weight excluding hydrogens is 336 g/mol. The lowest BCUT2D eigenvalue weighted by atomic mass is 9.95. The van der Waals surface area contributed by atoms with E-state index >= 15 is 0 Å². The molecule has 134 valence electrons. The van der Waals surface area contributed by atoms with Gasteiger partial charge in [0.1, 0.15) is 30.1 Å². The third kappa shape index (κ3) is 3.60. The molecular formula is C14H22N4O5S. The quantitative estimate of drug-likeness (QED) is 0.672. The maximum absolute atomic E-state index is 12.5. The van der Waals surface area contributed by atoms with Crippen molar-refractivity contribution in [3.8, 4) is 0 Å². The average Bonchev–Trinajstić information content (AvgIpc) is 2.97. The summed E-state index contributed by atoms with van der Waals surface area (Å²) in [4.78, 5) is 17.4. The van der Waals surface area contributed by atoms with Crippen molar-refractivity contribution < 1.29 is 22.7 Å². The van der Waals surface area contributed by atoms with Crippen LogP contribution in [0, 0.1) is 0 Å². The van der Waals surface area contributed by atoms with E-state index in [0.717, 1.165) is 0 Å². The first kappa shape index (κ1) is 17.3. The second kappa shape index (κ2) is 6.41. The Balaban J connectivity index is 1.55. The molecule has 3 rings (SSSR count). The number of sulfone groups is 1. The largest absolute Gasteiger partial charge is 0.369 e. The molecule has 0 radical (unpaired) electrons. The van der Waals surface area contributed by atoms with Crippen LogP contribution in [0.3, 0.4) is 0 Å². The smallest absolute Gasteiger partial charge is 0.248 e. The molecule has 0 aliphatic carbocycles. The Morgan fingerprint density at radius 2 is 2.21 bits per heavy atom. The van der Waals surface area contributed by atoms with E-state index < -0.39 is 20.7 Å². The molecule has 9 nitrogen and oxygen atoms in total. The van der Waals surface area contributed by atoms with Crippen molar-refractivity contribution in [2.75, 3.05) is 32.1 Å². The van der Waals surface area contributed by atoms with E-state index in [2.05, 4.69) is 10.1 Å². The molecule has 0 unspecified atom stereocenters. The van der Waals surface area contributed by atoms with Gasteiger partial charge in [0.2, 0.25) is 5.91 Å². The second-order valence-electron chi connectivity index (χ2n) is 6.65. The summed E-state index contributed by atoms with van der Waals surface area (Å²) < 4.78 is 37.7. The predicted octanol–water partition coefficient (Wildman–Crippen LogP) is -0.902. The summed E-state index contributed by atoms with van der Waals surface area (Å²) >= 11 is 0.